The molecule has 1 aromatic carbocycles. The van der Waals surface area contributed by atoms with E-state index in [9.17, 15) is 4.79 Å². The molecule has 3 aliphatic carbocycles. The van der Waals surface area contributed by atoms with Gasteiger partial charge in [-0.05, 0) is 47.6 Å². The number of ether oxygens (including phenoxy) is 2. The molecule has 1 fully saturated rings. The number of fused-ring (bicyclic) bond motifs is 1. The number of ketones is 1. The van der Waals surface area contributed by atoms with Crippen LogP contribution >= 0.6 is 0 Å². The third-order valence-electron chi connectivity index (χ3n) is 5.21. The molecule has 0 radical (unpaired) electrons. The molecular weight excluding hydrogens is 276 g/mol. The fourth-order valence-electron chi connectivity index (χ4n) is 3.66. The van der Waals surface area contributed by atoms with Crippen LogP contribution in [0.1, 0.15) is 25.8 Å². The third kappa shape index (κ3) is 2.25. The minimum Gasteiger partial charge on any atom is -0.497 e. The van der Waals surface area contributed by atoms with Crippen LogP contribution in [0.2, 0.25) is 0 Å². The van der Waals surface area contributed by atoms with Crippen molar-refractivity contribution in [1.82, 2.24) is 0 Å². The molecule has 2 atom stereocenters. The highest BCUT2D eigenvalue weighted by Gasteiger charge is 2.54. The average molecular weight is 298 g/mol. The van der Waals surface area contributed by atoms with Crippen molar-refractivity contribution in [2.75, 3.05) is 14.2 Å². The monoisotopic (exact) mass is 298 g/mol. The first-order chi connectivity index (χ1) is 10.5. The van der Waals surface area contributed by atoms with Crippen molar-refractivity contribution in [1.29, 1.82) is 0 Å². The predicted octanol–water partition coefficient (Wildman–Crippen LogP) is 3.89. The Morgan fingerprint density at radius 2 is 1.91 bits per heavy atom. The van der Waals surface area contributed by atoms with E-state index in [0.717, 1.165) is 29.1 Å². The second-order valence-electron chi connectivity index (χ2n) is 6.65. The molecule has 116 valence electrons. The third-order valence-corrected chi connectivity index (χ3v) is 5.21. The summed E-state index contributed by atoms with van der Waals surface area (Å²) in [5.41, 5.74) is 2.17. The fourth-order valence-corrected chi connectivity index (χ4v) is 3.66. The molecule has 0 saturated heterocycles. The van der Waals surface area contributed by atoms with E-state index in [1.54, 1.807) is 14.2 Å². The van der Waals surface area contributed by atoms with Gasteiger partial charge >= 0.3 is 0 Å². The Morgan fingerprint density at radius 3 is 2.50 bits per heavy atom. The largest absolute Gasteiger partial charge is 0.497 e. The molecule has 4 rings (SSSR count). The van der Waals surface area contributed by atoms with Gasteiger partial charge in [-0.1, -0.05) is 26.0 Å². The molecule has 0 heterocycles. The fraction of sp³-hybridized carbons (Fsp3) is 0.421. The number of carbonyl (C=O) groups excluding carboxylic acids is 1. The van der Waals surface area contributed by atoms with Crippen LogP contribution in [0.4, 0.5) is 0 Å². The molecule has 0 N–H and O–H groups in total. The molecule has 0 aromatic heterocycles. The summed E-state index contributed by atoms with van der Waals surface area (Å²) in [6.45, 7) is 4.38. The lowest BCUT2D eigenvalue weighted by Gasteiger charge is -2.54. The average Bonchev–Trinajstić information content (AvgIpc) is 2.51. The Labute approximate surface area is 131 Å². The SMILES string of the molecule is COc1ccc(OC)c(/C=C/C2=CC(=O)[C@H]3C[C@@H]2C3(C)C)c1. The van der Waals surface area contributed by atoms with Crippen LogP contribution in [-0.2, 0) is 4.79 Å². The van der Waals surface area contributed by atoms with Gasteiger partial charge in [0.2, 0.25) is 0 Å². The van der Waals surface area contributed by atoms with Crippen LogP contribution in [0, 0.1) is 17.3 Å². The van der Waals surface area contributed by atoms with Crippen molar-refractivity contribution < 1.29 is 14.3 Å². The molecular formula is C19H22O3. The lowest BCUT2D eigenvalue weighted by atomic mass is 9.48. The summed E-state index contributed by atoms with van der Waals surface area (Å²) in [6, 6.07) is 5.71. The van der Waals surface area contributed by atoms with Gasteiger partial charge in [-0.3, -0.25) is 4.79 Å². The van der Waals surface area contributed by atoms with Gasteiger partial charge in [-0.15, -0.1) is 0 Å². The number of hydrogen-bond donors (Lipinski definition) is 0. The van der Waals surface area contributed by atoms with Crippen molar-refractivity contribution in [3.8, 4) is 11.5 Å². The lowest BCUT2D eigenvalue weighted by molar-refractivity contribution is -0.133. The summed E-state index contributed by atoms with van der Waals surface area (Å²) in [5.74, 6) is 2.54. The van der Waals surface area contributed by atoms with Gasteiger partial charge in [-0.2, -0.15) is 0 Å². The highest BCUT2D eigenvalue weighted by atomic mass is 16.5. The Bertz CT molecular complexity index is 667. The molecule has 0 unspecified atom stereocenters. The van der Waals surface area contributed by atoms with Crippen LogP contribution in [0.5, 0.6) is 11.5 Å². The minimum atomic E-state index is 0.0873. The zero-order chi connectivity index (χ0) is 15.9. The highest BCUT2D eigenvalue weighted by molar-refractivity contribution is 5.96. The van der Waals surface area contributed by atoms with Crippen molar-refractivity contribution in [3.63, 3.8) is 0 Å². The zero-order valence-corrected chi connectivity index (χ0v) is 13.6. The van der Waals surface area contributed by atoms with Crippen molar-refractivity contribution >= 4 is 11.9 Å². The maximum absolute atomic E-state index is 12.1. The molecule has 22 heavy (non-hydrogen) atoms. The van der Waals surface area contributed by atoms with Crippen LogP contribution < -0.4 is 9.47 Å². The van der Waals surface area contributed by atoms with Crippen molar-refractivity contribution in [2.24, 2.45) is 17.3 Å². The maximum Gasteiger partial charge on any atom is 0.159 e. The van der Waals surface area contributed by atoms with Gasteiger partial charge in [0.25, 0.3) is 0 Å². The Balaban J connectivity index is 1.90. The van der Waals surface area contributed by atoms with E-state index in [0.29, 0.717) is 5.92 Å². The molecule has 2 bridgehead atoms. The Hall–Kier alpha value is -2.03. The number of carbonyl (C=O) groups is 1. The molecule has 0 spiro atoms. The van der Waals surface area contributed by atoms with Crippen LogP contribution in [0.25, 0.3) is 6.08 Å². The summed E-state index contributed by atoms with van der Waals surface area (Å²) in [5, 5.41) is 0. The van der Waals surface area contributed by atoms with Gasteiger partial charge in [0.15, 0.2) is 5.78 Å². The number of rotatable bonds is 4. The van der Waals surface area contributed by atoms with E-state index in [4.69, 9.17) is 9.47 Å². The molecule has 0 aliphatic heterocycles. The summed E-state index contributed by atoms with van der Waals surface area (Å²) < 4.78 is 10.7. The first kappa shape index (κ1) is 14.9. The number of benzene rings is 1. The Morgan fingerprint density at radius 1 is 1.14 bits per heavy atom. The van der Waals surface area contributed by atoms with Gasteiger partial charge in [0.1, 0.15) is 11.5 Å². The number of methoxy groups -OCH3 is 2. The maximum atomic E-state index is 12.1. The van der Waals surface area contributed by atoms with E-state index < -0.39 is 0 Å². The molecule has 3 heteroatoms. The van der Waals surface area contributed by atoms with Crippen LogP contribution in [0.15, 0.2) is 35.9 Å². The summed E-state index contributed by atoms with van der Waals surface area (Å²) in [6.07, 6.45) is 6.86. The molecule has 0 amide bonds. The van der Waals surface area contributed by atoms with Gasteiger partial charge < -0.3 is 9.47 Å². The quantitative estimate of drug-likeness (QED) is 0.846. The molecule has 1 aromatic rings. The van der Waals surface area contributed by atoms with Crippen LogP contribution in [0.3, 0.4) is 0 Å². The smallest absolute Gasteiger partial charge is 0.159 e. The molecule has 3 nitrogen and oxygen atoms in total. The number of hydrogen-bond acceptors (Lipinski definition) is 3. The topological polar surface area (TPSA) is 35.5 Å². The summed E-state index contributed by atoms with van der Waals surface area (Å²) in [4.78, 5) is 12.1. The van der Waals surface area contributed by atoms with Gasteiger partial charge in [0.05, 0.1) is 14.2 Å². The number of allylic oxidation sites excluding steroid dienone is 3. The van der Waals surface area contributed by atoms with Gasteiger partial charge in [0, 0.05) is 11.5 Å². The first-order valence-electron chi connectivity index (χ1n) is 7.63. The Kier molecular flexibility index (Phi) is 3.59. The minimum absolute atomic E-state index is 0.0873. The van der Waals surface area contributed by atoms with Gasteiger partial charge in [-0.25, -0.2) is 0 Å². The second-order valence-corrected chi connectivity index (χ2v) is 6.65. The van der Waals surface area contributed by atoms with E-state index >= 15 is 0 Å². The zero-order valence-electron chi connectivity index (χ0n) is 13.6. The molecule has 3 aliphatic rings. The van der Waals surface area contributed by atoms with E-state index in [1.807, 2.05) is 30.4 Å². The van der Waals surface area contributed by atoms with E-state index in [2.05, 4.69) is 19.9 Å². The predicted molar refractivity (Wildman–Crippen MR) is 87.0 cm³/mol. The van der Waals surface area contributed by atoms with E-state index in [1.165, 1.54) is 0 Å². The first-order valence-corrected chi connectivity index (χ1v) is 7.63. The summed E-state index contributed by atoms with van der Waals surface area (Å²) >= 11 is 0. The second kappa shape index (κ2) is 5.31. The lowest BCUT2D eigenvalue weighted by Crippen LogP contribution is -2.52. The van der Waals surface area contributed by atoms with Crippen molar-refractivity contribution in [2.45, 2.75) is 20.3 Å². The highest BCUT2D eigenvalue weighted by Crippen LogP contribution is 2.58. The van der Waals surface area contributed by atoms with Crippen molar-refractivity contribution in [3.05, 3.63) is 41.5 Å². The van der Waals surface area contributed by atoms with Crippen LogP contribution in [-0.4, -0.2) is 20.0 Å². The van der Waals surface area contributed by atoms with E-state index in [-0.39, 0.29) is 17.1 Å². The summed E-state index contributed by atoms with van der Waals surface area (Å²) in [7, 11) is 3.30. The normalized spacial score (nSPS) is 25.6. The molecule has 1 saturated carbocycles. The standard InChI is InChI=1S/C19H22O3/c1-19(2)15-11-16(19)17(20)10-12(15)5-6-13-9-14(21-3)7-8-18(13)22-4/h5-10,15-16H,11H2,1-4H3/b6-5+/t15-,16+/m0/s1.